The van der Waals surface area contributed by atoms with Crippen molar-refractivity contribution < 1.29 is 8.42 Å². The van der Waals surface area contributed by atoms with Crippen molar-refractivity contribution in [1.29, 1.82) is 0 Å². The summed E-state index contributed by atoms with van der Waals surface area (Å²) in [5.41, 5.74) is 1.64. The van der Waals surface area contributed by atoms with Crippen LogP contribution in [0.25, 0.3) is 0 Å². The maximum absolute atomic E-state index is 12.7. The number of thiophene rings is 1. The number of rotatable bonds is 6. The van der Waals surface area contributed by atoms with Crippen LogP contribution < -0.4 is 9.62 Å². The average Bonchev–Trinajstić information content (AvgIpc) is 2.94. The van der Waals surface area contributed by atoms with Gasteiger partial charge in [0.2, 0.25) is 0 Å². The van der Waals surface area contributed by atoms with Gasteiger partial charge in [-0.25, -0.2) is 8.42 Å². The van der Waals surface area contributed by atoms with Crippen molar-refractivity contribution in [2.75, 3.05) is 17.9 Å². The van der Waals surface area contributed by atoms with E-state index in [-0.39, 0.29) is 0 Å². The van der Waals surface area contributed by atoms with Gasteiger partial charge in [-0.1, -0.05) is 25.1 Å². The lowest BCUT2D eigenvalue weighted by Gasteiger charge is -2.20. The Morgan fingerprint density at radius 3 is 2.67 bits per heavy atom. The molecule has 0 spiro atoms. The molecule has 0 aliphatic rings. The van der Waals surface area contributed by atoms with Crippen LogP contribution in [-0.4, -0.2) is 22.0 Å². The van der Waals surface area contributed by atoms with E-state index < -0.39 is 10.0 Å². The summed E-state index contributed by atoms with van der Waals surface area (Å²) >= 11 is 1.46. The minimum atomic E-state index is -3.50. The Labute approximate surface area is 130 Å². The number of hydrogen-bond donors (Lipinski definition) is 1. The Balaban J connectivity index is 2.29. The Morgan fingerprint density at radius 2 is 2.00 bits per heavy atom. The Hall–Kier alpha value is -1.37. The molecule has 0 fully saturated rings. The van der Waals surface area contributed by atoms with E-state index >= 15 is 0 Å². The zero-order chi connectivity index (χ0) is 15.5. The maximum atomic E-state index is 12.7. The van der Waals surface area contributed by atoms with E-state index in [0.29, 0.717) is 17.1 Å². The van der Waals surface area contributed by atoms with E-state index in [1.54, 1.807) is 18.5 Å². The van der Waals surface area contributed by atoms with Gasteiger partial charge in [-0.3, -0.25) is 4.31 Å². The van der Waals surface area contributed by atoms with Crippen LogP contribution in [0.3, 0.4) is 0 Å². The van der Waals surface area contributed by atoms with Crippen LogP contribution in [-0.2, 0) is 16.6 Å². The molecule has 114 valence electrons. The molecule has 0 aliphatic carbocycles. The molecule has 6 heteroatoms. The number of sulfonamides is 1. The van der Waals surface area contributed by atoms with Gasteiger partial charge in [0.1, 0.15) is 0 Å². The monoisotopic (exact) mass is 324 g/mol. The predicted octanol–water partition coefficient (Wildman–Crippen LogP) is 2.99. The van der Waals surface area contributed by atoms with Gasteiger partial charge in [-0.2, -0.15) is 0 Å². The lowest BCUT2D eigenvalue weighted by Crippen LogP contribution is -2.26. The van der Waals surface area contributed by atoms with Crippen molar-refractivity contribution in [2.45, 2.75) is 25.3 Å². The molecular formula is C15H20N2O2S2. The molecule has 0 amide bonds. The third-order valence-electron chi connectivity index (χ3n) is 3.29. The summed E-state index contributed by atoms with van der Waals surface area (Å²) < 4.78 is 26.7. The van der Waals surface area contributed by atoms with Crippen molar-refractivity contribution in [3.63, 3.8) is 0 Å². The first-order valence-electron chi connectivity index (χ1n) is 6.79. The highest BCUT2D eigenvalue weighted by Gasteiger charge is 2.23. The normalized spacial score (nSPS) is 11.6. The Morgan fingerprint density at radius 1 is 1.29 bits per heavy atom. The molecule has 0 saturated heterocycles. The zero-order valence-electron chi connectivity index (χ0n) is 12.5. The van der Waals surface area contributed by atoms with E-state index in [9.17, 15) is 8.42 Å². The molecule has 1 heterocycles. The number of nitrogens with one attached hydrogen (secondary N) is 1. The second kappa shape index (κ2) is 6.60. The Bertz CT molecular complexity index is 708. The maximum Gasteiger partial charge on any atom is 0.264 e. The number of anilines is 1. The number of hydrogen-bond acceptors (Lipinski definition) is 4. The van der Waals surface area contributed by atoms with Crippen LogP contribution >= 0.6 is 11.3 Å². The van der Waals surface area contributed by atoms with Crippen molar-refractivity contribution in [3.05, 3.63) is 46.2 Å². The minimum Gasteiger partial charge on any atom is -0.312 e. The van der Waals surface area contributed by atoms with Gasteiger partial charge in [-0.15, -0.1) is 11.3 Å². The van der Waals surface area contributed by atoms with Crippen LogP contribution in [0.1, 0.15) is 17.4 Å². The number of nitrogens with zero attached hydrogens (tertiary/aromatic N) is 1. The summed E-state index contributed by atoms with van der Waals surface area (Å²) in [6, 6.07) is 9.22. The molecule has 0 saturated carbocycles. The van der Waals surface area contributed by atoms with E-state index in [0.717, 1.165) is 17.0 Å². The molecule has 1 aromatic carbocycles. The largest absolute Gasteiger partial charge is 0.312 e. The summed E-state index contributed by atoms with van der Waals surface area (Å²) in [5, 5.41) is 4.91. The van der Waals surface area contributed by atoms with E-state index in [2.05, 4.69) is 5.32 Å². The summed E-state index contributed by atoms with van der Waals surface area (Å²) in [6.07, 6.45) is 0. The molecule has 0 atom stereocenters. The molecule has 0 unspecified atom stereocenters. The summed E-state index contributed by atoms with van der Waals surface area (Å²) in [4.78, 5) is 1.37. The molecule has 4 nitrogen and oxygen atoms in total. The van der Waals surface area contributed by atoms with Crippen molar-refractivity contribution >= 4 is 27.0 Å². The molecule has 0 aliphatic heterocycles. The van der Waals surface area contributed by atoms with Crippen LogP contribution in [0.5, 0.6) is 0 Å². The summed E-state index contributed by atoms with van der Waals surface area (Å²) in [6.45, 7) is 5.50. The van der Waals surface area contributed by atoms with Gasteiger partial charge in [0.15, 0.2) is 0 Å². The number of aryl methyl sites for hydroxylation is 1. The third kappa shape index (κ3) is 3.45. The van der Waals surface area contributed by atoms with Crippen molar-refractivity contribution in [3.8, 4) is 0 Å². The number of para-hydroxylation sites is 1. The average molecular weight is 324 g/mol. The zero-order valence-corrected chi connectivity index (χ0v) is 14.1. The van der Waals surface area contributed by atoms with Gasteiger partial charge in [0, 0.05) is 23.8 Å². The van der Waals surface area contributed by atoms with Crippen LogP contribution in [0.2, 0.25) is 0 Å². The van der Waals surface area contributed by atoms with Crippen molar-refractivity contribution in [1.82, 2.24) is 5.32 Å². The fourth-order valence-corrected chi connectivity index (χ4v) is 4.53. The quantitative estimate of drug-likeness (QED) is 0.888. The lowest BCUT2D eigenvalue weighted by atomic mass is 10.2. The first kappa shape index (κ1) is 16.0. The highest BCUT2D eigenvalue weighted by Crippen LogP contribution is 2.27. The SMILES string of the molecule is CCNCc1cc(S(=O)(=O)N(C)c2ccccc2C)cs1. The van der Waals surface area contributed by atoms with Gasteiger partial charge in [0.05, 0.1) is 10.6 Å². The second-order valence-corrected chi connectivity index (χ2v) is 7.75. The van der Waals surface area contributed by atoms with Crippen LogP contribution in [0.15, 0.2) is 40.6 Å². The van der Waals surface area contributed by atoms with Crippen LogP contribution in [0.4, 0.5) is 5.69 Å². The van der Waals surface area contributed by atoms with Crippen molar-refractivity contribution in [2.24, 2.45) is 0 Å². The molecule has 1 aromatic heterocycles. The molecule has 2 rings (SSSR count). The number of benzene rings is 1. The Kier molecular flexibility index (Phi) is 5.03. The molecule has 21 heavy (non-hydrogen) atoms. The smallest absolute Gasteiger partial charge is 0.264 e. The highest BCUT2D eigenvalue weighted by molar-refractivity contribution is 7.93. The van der Waals surface area contributed by atoms with E-state index in [1.165, 1.54) is 15.6 Å². The van der Waals surface area contributed by atoms with Crippen LogP contribution in [0, 0.1) is 6.92 Å². The fourth-order valence-electron chi connectivity index (χ4n) is 2.04. The molecule has 2 aromatic rings. The summed E-state index contributed by atoms with van der Waals surface area (Å²) in [5.74, 6) is 0. The van der Waals surface area contributed by atoms with E-state index in [4.69, 9.17) is 0 Å². The third-order valence-corrected chi connectivity index (χ3v) is 6.13. The summed E-state index contributed by atoms with van der Waals surface area (Å²) in [7, 11) is -1.91. The predicted molar refractivity (Wildman–Crippen MR) is 88.5 cm³/mol. The van der Waals surface area contributed by atoms with Gasteiger partial charge in [-0.05, 0) is 31.2 Å². The standard InChI is InChI=1S/C15H20N2O2S2/c1-4-16-10-13-9-14(11-20-13)21(18,19)17(3)15-8-6-5-7-12(15)2/h5-9,11,16H,4,10H2,1-3H3. The van der Waals surface area contributed by atoms with E-state index in [1.807, 2.05) is 38.1 Å². The first-order chi connectivity index (χ1) is 9.96. The van der Waals surface area contributed by atoms with Gasteiger partial charge >= 0.3 is 0 Å². The lowest BCUT2D eigenvalue weighted by molar-refractivity contribution is 0.594. The molecule has 0 bridgehead atoms. The molecule has 0 radical (unpaired) electrons. The van der Waals surface area contributed by atoms with Gasteiger partial charge in [0.25, 0.3) is 10.0 Å². The molecular weight excluding hydrogens is 304 g/mol. The fraction of sp³-hybridized carbons (Fsp3) is 0.333. The highest BCUT2D eigenvalue weighted by atomic mass is 32.2. The first-order valence-corrected chi connectivity index (χ1v) is 9.11. The topological polar surface area (TPSA) is 49.4 Å². The minimum absolute atomic E-state index is 0.353. The van der Waals surface area contributed by atoms with Gasteiger partial charge < -0.3 is 5.32 Å². The second-order valence-electron chi connectivity index (χ2n) is 4.79. The molecule has 1 N–H and O–H groups in total.